The Bertz CT molecular complexity index is 520. The van der Waals surface area contributed by atoms with Crippen LogP contribution < -0.4 is 10.6 Å². The Balaban J connectivity index is 2.01. The highest BCUT2D eigenvalue weighted by Crippen LogP contribution is 2.25. The maximum atomic E-state index is 13.8. The van der Waals surface area contributed by atoms with Crippen LogP contribution in [0.15, 0.2) is 18.2 Å². The van der Waals surface area contributed by atoms with E-state index in [1.807, 2.05) is 0 Å². The first-order valence-electron chi connectivity index (χ1n) is 7.89. The first kappa shape index (κ1) is 16.6. The minimum absolute atomic E-state index is 0.134. The largest absolute Gasteiger partial charge is 0.444 e. The molecule has 0 bridgehead atoms. The van der Waals surface area contributed by atoms with Gasteiger partial charge in [0.1, 0.15) is 11.4 Å². The van der Waals surface area contributed by atoms with E-state index < -0.39 is 17.5 Å². The standard InChI is InChI=1S/C17H25FN2O2/c1-17(2,3)22-16(21)20-15-11-13(9-10-14(15)18)19-12-7-5-4-6-8-12/h9-12,19H,4-8H2,1-3H3,(H,20,21). The van der Waals surface area contributed by atoms with Gasteiger partial charge >= 0.3 is 6.09 Å². The lowest BCUT2D eigenvalue weighted by molar-refractivity contribution is 0.0635. The Morgan fingerprint density at radius 2 is 1.91 bits per heavy atom. The Hall–Kier alpha value is -1.78. The fourth-order valence-electron chi connectivity index (χ4n) is 2.61. The van der Waals surface area contributed by atoms with Crippen molar-refractivity contribution in [1.82, 2.24) is 0 Å². The lowest BCUT2D eigenvalue weighted by Crippen LogP contribution is -2.27. The normalized spacial score (nSPS) is 16.2. The molecule has 122 valence electrons. The Labute approximate surface area is 131 Å². The lowest BCUT2D eigenvalue weighted by atomic mass is 9.95. The quantitative estimate of drug-likeness (QED) is 0.833. The third-order valence-electron chi connectivity index (χ3n) is 3.58. The van der Waals surface area contributed by atoms with Gasteiger partial charge in [0.15, 0.2) is 0 Å². The predicted molar refractivity (Wildman–Crippen MR) is 86.8 cm³/mol. The van der Waals surface area contributed by atoms with Gasteiger partial charge in [-0.1, -0.05) is 19.3 Å². The number of hydrogen-bond donors (Lipinski definition) is 2. The van der Waals surface area contributed by atoms with E-state index in [4.69, 9.17) is 4.74 Å². The maximum Gasteiger partial charge on any atom is 0.412 e. The summed E-state index contributed by atoms with van der Waals surface area (Å²) in [5.41, 5.74) is 0.341. The topological polar surface area (TPSA) is 50.4 Å². The van der Waals surface area contributed by atoms with Crippen LogP contribution in [0.5, 0.6) is 0 Å². The van der Waals surface area contributed by atoms with E-state index in [0.29, 0.717) is 6.04 Å². The number of benzene rings is 1. The van der Waals surface area contributed by atoms with E-state index in [1.165, 1.54) is 25.3 Å². The van der Waals surface area contributed by atoms with Gasteiger partial charge in [-0.15, -0.1) is 0 Å². The molecule has 0 spiro atoms. The van der Waals surface area contributed by atoms with Crippen LogP contribution in [0.3, 0.4) is 0 Å². The van der Waals surface area contributed by atoms with Crippen molar-refractivity contribution < 1.29 is 13.9 Å². The highest BCUT2D eigenvalue weighted by Gasteiger charge is 2.18. The zero-order chi connectivity index (χ0) is 16.2. The average molecular weight is 308 g/mol. The van der Waals surface area contributed by atoms with Gasteiger partial charge in [-0.2, -0.15) is 0 Å². The number of anilines is 2. The van der Waals surface area contributed by atoms with Crippen molar-refractivity contribution in [3.05, 3.63) is 24.0 Å². The smallest absolute Gasteiger partial charge is 0.412 e. The summed E-state index contributed by atoms with van der Waals surface area (Å²) in [6.45, 7) is 5.30. The average Bonchev–Trinajstić information content (AvgIpc) is 2.41. The molecule has 0 unspecified atom stereocenters. The van der Waals surface area contributed by atoms with Crippen LogP contribution in [0.4, 0.5) is 20.6 Å². The first-order chi connectivity index (χ1) is 10.3. The first-order valence-corrected chi connectivity index (χ1v) is 7.89. The molecule has 4 nitrogen and oxygen atoms in total. The molecule has 22 heavy (non-hydrogen) atoms. The number of halogens is 1. The second-order valence-corrected chi connectivity index (χ2v) is 6.80. The molecule has 2 N–H and O–H groups in total. The summed E-state index contributed by atoms with van der Waals surface area (Å²) in [7, 11) is 0. The summed E-state index contributed by atoms with van der Waals surface area (Å²) >= 11 is 0. The van der Waals surface area contributed by atoms with Crippen molar-refractivity contribution in [2.24, 2.45) is 0 Å². The van der Waals surface area contributed by atoms with E-state index >= 15 is 0 Å². The second kappa shape index (κ2) is 6.99. The molecule has 0 heterocycles. The molecule has 1 aromatic carbocycles. The van der Waals surface area contributed by atoms with Gasteiger partial charge in [0.25, 0.3) is 0 Å². The molecule has 0 aromatic heterocycles. The Morgan fingerprint density at radius 1 is 1.23 bits per heavy atom. The molecule has 0 saturated heterocycles. The van der Waals surface area contributed by atoms with Crippen LogP contribution in [0, 0.1) is 5.82 Å². The van der Waals surface area contributed by atoms with Gasteiger partial charge in [-0.05, 0) is 51.8 Å². The predicted octanol–water partition coefficient (Wildman–Crippen LogP) is 4.92. The second-order valence-electron chi connectivity index (χ2n) is 6.80. The zero-order valence-electron chi connectivity index (χ0n) is 13.5. The lowest BCUT2D eigenvalue weighted by Gasteiger charge is -2.24. The molecule has 0 atom stereocenters. The number of hydrogen-bond acceptors (Lipinski definition) is 3. The highest BCUT2D eigenvalue weighted by molar-refractivity contribution is 5.85. The van der Waals surface area contributed by atoms with Crippen LogP contribution in [-0.2, 0) is 4.74 Å². The molecule has 1 aliphatic rings. The highest BCUT2D eigenvalue weighted by atomic mass is 19.1. The van der Waals surface area contributed by atoms with Crippen LogP contribution in [0.1, 0.15) is 52.9 Å². The molecule has 1 aliphatic carbocycles. The molecular formula is C17H25FN2O2. The minimum atomic E-state index is -0.652. The van der Waals surface area contributed by atoms with Gasteiger partial charge in [0.2, 0.25) is 0 Å². The van der Waals surface area contributed by atoms with Crippen molar-refractivity contribution >= 4 is 17.5 Å². The van der Waals surface area contributed by atoms with E-state index in [0.717, 1.165) is 18.5 Å². The van der Waals surface area contributed by atoms with E-state index in [-0.39, 0.29) is 5.69 Å². The summed E-state index contributed by atoms with van der Waals surface area (Å²) in [5.74, 6) is -0.472. The molecule has 1 amide bonds. The summed E-state index contributed by atoms with van der Waals surface area (Å²) in [4.78, 5) is 11.8. The fourth-order valence-corrected chi connectivity index (χ4v) is 2.61. The van der Waals surface area contributed by atoms with Gasteiger partial charge < -0.3 is 10.1 Å². The number of amides is 1. The summed E-state index contributed by atoms with van der Waals surface area (Å²) in [6.07, 6.45) is 5.34. The number of rotatable bonds is 3. The molecule has 1 fully saturated rings. The minimum Gasteiger partial charge on any atom is -0.444 e. The van der Waals surface area contributed by atoms with Crippen molar-refractivity contribution in [1.29, 1.82) is 0 Å². The van der Waals surface area contributed by atoms with Crippen molar-refractivity contribution in [3.63, 3.8) is 0 Å². The van der Waals surface area contributed by atoms with Gasteiger partial charge in [0, 0.05) is 11.7 Å². The Morgan fingerprint density at radius 3 is 2.55 bits per heavy atom. The molecule has 1 aromatic rings. The molecule has 2 rings (SSSR count). The van der Waals surface area contributed by atoms with E-state index in [2.05, 4.69) is 10.6 Å². The molecule has 5 heteroatoms. The number of carbonyl (C=O) groups is 1. The van der Waals surface area contributed by atoms with Gasteiger partial charge in [0.05, 0.1) is 5.69 Å². The van der Waals surface area contributed by atoms with E-state index in [1.54, 1.807) is 32.9 Å². The van der Waals surface area contributed by atoms with Crippen molar-refractivity contribution in [2.45, 2.75) is 64.5 Å². The molecule has 1 saturated carbocycles. The summed E-state index contributed by atoms with van der Waals surface area (Å²) < 4.78 is 19.0. The fraction of sp³-hybridized carbons (Fsp3) is 0.588. The SMILES string of the molecule is CC(C)(C)OC(=O)Nc1cc(NC2CCCCC2)ccc1F. The number of nitrogens with one attached hydrogen (secondary N) is 2. The van der Waals surface area contributed by atoms with Gasteiger partial charge in [-0.25, -0.2) is 9.18 Å². The van der Waals surface area contributed by atoms with Gasteiger partial charge in [-0.3, -0.25) is 5.32 Å². The zero-order valence-corrected chi connectivity index (χ0v) is 13.5. The van der Waals surface area contributed by atoms with Crippen LogP contribution in [0.25, 0.3) is 0 Å². The molecular weight excluding hydrogens is 283 g/mol. The summed E-state index contributed by atoms with van der Waals surface area (Å²) in [6, 6.07) is 5.10. The maximum absolute atomic E-state index is 13.8. The van der Waals surface area contributed by atoms with Crippen LogP contribution in [0.2, 0.25) is 0 Å². The van der Waals surface area contributed by atoms with Crippen LogP contribution >= 0.6 is 0 Å². The third-order valence-corrected chi connectivity index (χ3v) is 3.58. The number of ether oxygens (including phenoxy) is 1. The van der Waals surface area contributed by atoms with E-state index in [9.17, 15) is 9.18 Å². The third kappa shape index (κ3) is 5.20. The molecule has 0 aliphatic heterocycles. The number of carbonyl (C=O) groups excluding carboxylic acids is 1. The van der Waals surface area contributed by atoms with Crippen molar-refractivity contribution in [3.8, 4) is 0 Å². The van der Waals surface area contributed by atoms with Crippen molar-refractivity contribution in [2.75, 3.05) is 10.6 Å². The Kier molecular flexibility index (Phi) is 5.27. The molecule has 0 radical (unpaired) electrons. The monoisotopic (exact) mass is 308 g/mol. The summed E-state index contributed by atoms with van der Waals surface area (Å²) in [5, 5.41) is 5.88. The van der Waals surface area contributed by atoms with Crippen LogP contribution in [-0.4, -0.2) is 17.7 Å².